The van der Waals surface area contributed by atoms with E-state index in [-0.39, 0.29) is 17.7 Å². The third kappa shape index (κ3) is 4.63. The van der Waals surface area contributed by atoms with E-state index in [1.54, 1.807) is 12.1 Å². The number of furan rings is 1. The standard InChI is InChI=1S/C25H27N3O3/c1-17-11-12-22(18(2)16-17)30-15-7-13-28-21-9-5-4-8-20(21)27-24(28)19(3)26-25(29)23-10-6-14-31-23/h4-6,8-12,14,16,19H,7,13,15H2,1-3H3,(H,26,29)/t19-/m0/s1. The van der Waals surface area contributed by atoms with E-state index in [9.17, 15) is 4.79 Å². The third-order valence-electron chi connectivity index (χ3n) is 5.28. The molecule has 2 heterocycles. The fraction of sp³-hybridized carbons (Fsp3) is 0.280. The maximum atomic E-state index is 12.4. The van der Waals surface area contributed by atoms with Gasteiger partial charge in [0.05, 0.1) is 29.9 Å². The summed E-state index contributed by atoms with van der Waals surface area (Å²) in [4.78, 5) is 17.2. The van der Waals surface area contributed by atoms with Crippen molar-refractivity contribution in [3.05, 3.63) is 83.6 Å². The van der Waals surface area contributed by atoms with Crippen molar-refractivity contribution in [1.29, 1.82) is 0 Å². The van der Waals surface area contributed by atoms with Crippen molar-refractivity contribution in [2.45, 2.75) is 39.8 Å². The lowest BCUT2D eigenvalue weighted by Gasteiger charge is -2.16. The third-order valence-corrected chi connectivity index (χ3v) is 5.28. The Bertz CT molecular complexity index is 1180. The molecule has 0 bridgehead atoms. The number of rotatable bonds is 8. The lowest BCUT2D eigenvalue weighted by Crippen LogP contribution is -2.28. The van der Waals surface area contributed by atoms with Crippen molar-refractivity contribution >= 4 is 16.9 Å². The van der Waals surface area contributed by atoms with Crippen LogP contribution < -0.4 is 10.1 Å². The molecule has 6 heteroatoms. The molecule has 0 radical (unpaired) electrons. The first-order chi connectivity index (χ1) is 15.0. The minimum atomic E-state index is -0.273. The monoisotopic (exact) mass is 417 g/mol. The van der Waals surface area contributed by atoms with Crippen LogP contribution in [0, 0.1) is 13.8 Å². The molecule has 0 aliphatic carbocycles. The Morgan fingerprint density at radius 3 is 2.77 bits per heavy atom. The highest BCUT2D eigenvalue weighted by molar-refractivity contribution is 5.91. The smallest absolute Gasteiger partial charge is 0.287 e. The Hall–Kier alpha value is -3.54. The number of hydrogen-bond donors (Lipinski definition) is 1. The van der Waals surface area contributed by atoms with Crippen LogP contribution in [0.5, 0.6) is 5.75 Å². The second kappa shape index (κ2) is 9.08. The van der Waals surface area contributed by atoms with E-state index in [4.69, 9.17) is 14.1 Å². The quantitative estimate of drug-likeness (QED) is 0.400. The van der Waals surface area contributed by atoms with Gasteiger partial charge in [-0.05, 0) is 63.1 Å². The van der Waals surface area contributed by atoms with Crippen LogP contribution in [0.2, 0.25) is 0 Å². The minimum absolute atomic E-state index is 0.255. The molecule has 2 aromatic carbocycles. The van der Waals surface area contributed by atoms with Gasteiger partial charge in [0.15, 0.2) is 5.76 Å². The number of imidazole rings is 1. The van der Waals surface area contributed by atoms with Gasteiger partial charge >= 0.3 is 0 Å². The number of nitrogens with one attached hydrogen (secondary N) is 1. The molecule has 160 valence electrons. The van der Waals surface area contributed by atoms with Crippen molar-refractivity contribution in [2.75, 3.05) is 6.61 Å². The van der Waals surface area contributed by atoms with Crippen LogP contribution in [0.15, 0.2) is 65.3 Å². The summed E-state index contributed by atoms with van der Waals surface area (Å²) in [7, 11) is 0. The largest absolute Gasteiger partial charge is 0.493 e. The second-order valence-electron chi connectivity index (χ2n) is 7.75. The van der Waals surface area contributed by atoms with E-state index in [1.807, 2.05) is 31.2 Å². The fourth-order valence-electron chi connectivity index (χ4n) is 3.77. The van der Waals surface area contributed by atoms with E-state index in [0.29, 0.717) is 6.61 Å². The number of carbonyl (C=O) groups excluding carboxylic acids is 1. The summed E-state index contributed by atoms with van der Waals surface area (Å²) in [5, 5.41) is 2.98. The first-order valence-electron chi connectivity index (χ1n) is 10.5. The molecule has 31 heavy (non-hydrogen) atoms. The zero-order chi connectivity index (χ0) is 21.8. The predicted molar refractivity (Wildman–Crippen MR) is 120 cm³/mol. The summed E-state index contributed by atoms with van der Waals surface area (Å²) in [5.41, 5.74) is 4.32. The molecule has 4 aromatic rings. The maximum absolute atomic E-state index is 12.4. The SMILES string of the molecule is Cc1ccc(OCCCn2c([C@H](C)NC(=O)c3ccco3)nc3ccccc32)c(C)c1. The molecule has 0 unspecified atom stereocenters. The predicted octanol–water partition coefficient (Wildman–Crippen LogP) is 5.21. The van der Waals surface area contributed by atoms with E-state index >= 15 is 0 Å². The zero-order valence-corrected chi connectivity index (χ0v) is 18.1. The van der Waals surface area contributed by atoms with Crippen molar-refractivity contribution < 1.29 is 13.9 Å². The molecular weight excluding hydrogens is 390 g/mol. The maximum Gasteiger partial charge on any atom is 0.287 e. The lowest BCUT2D eigenvalue weighted by atomic mass is 10.1. The minimum Gasteiger partial charge on any atom is -0.493 e. The van der Waals surface area contributed by atoms with Gasteiger partial charge in [0.1, 0.15) is 11.6 Å². The summed E-state index contributed by atoms with van der Waals surface area (Å²) in [6.45, 7) is 7.41. The van der Waals surface area contributed by atoms with E-state index in [1.165, 1.54) is 11.8 Å². The summed E-state index contributed by atoms with van der Waals surface area (Å²) in [6.07, 6.45) is 2.31. The molecule has 4 rings (SSSR count). The number of hydrogen-bond acceptors (Lipinski definition) is 4. The highest BCUT2D eigenvalue weighted by Gasteiger charge is 2.20. The van der Waals surface area contributed by atoms with Crippen LogP contribution in [0.3, 0.4) is 0 Å². The number of aryl methyl sites for hydroxylation is 3. The van der Waals surface area contributed by atoms with Gasteiger partial charge in [0.2, 0.25) is 0 Å². The topological polar surface area (TPSA) is 69.3 Å². The Balaban J connectivity index is 1.47. The molecule has 2 aromatic heterocycles. The molecule has 0 saturated carbocycles. The second-order valence-corrected chi connectivity index (χ2v) is 7.75. The molecule has 1 amide bonds. The van der Waals surface area contributed by atoms with Gasteiger partial charge in [0, 0.05) is 6.54 Å². The molecule has 0 spiro atoms. The van der Waals surface area contributed by atoms with Gasteiger partial charge in [-0.25, -0.2) is 4.98 Å². The number of para-hydroxylation sites is 2. The first kappa shape index (κ1) is 20.7. The van der Waals surface area contributed by atoms with Crippen LogP contribution in [-0.4, -0.2) is 22.1 Å². The highest BCUT2D eigenvalue weighted by Crippen LogP contribution is 2.23. The number of amides is 1. The normalized spacial score (nSPS) is 12.1. The van der Waals surface area contributed by atoms with Crippen LogP contribution in [-0.2, 0) is 6.54 Å². The molecular formula is C25H27N3O3. The lowest BCUT2D eigenvalue weighted by molar-refractivity contribution is 0.0909. The van der Waals surface area contributed by atoms with Gasteiger partial charge < -0.3 is 19.0 Å². The van der Waals surface area contributed by atoms with E-state index in [2.05, 4.69) is 41.9 Å². The summed E-state index contributed by atoms with van der Waals surface area (Å²) < 4.78 is 13.4. The summed E-state index contributed by atoms with van der Waals surface area (Å²) in [6, 6.07) is 17.3. The van der Waals surface area contributed by atoms with Gasteiger partial charge in [-0.3, -0.25) is 4.79 Å². The molecule has 1 N–H and O–H groups in total. The molecule has 1 atom stereocenters. The van der Waals surface area contributed by atoms with Crippen LogP contribution in [0.4, 0.5) is 0 Å². The summed E-state index contributed by atoms with van der Waals surface area (Å²) >= 11 is 0. The number of carbonyl (C=O) groups is 1. The number of nitrogens with zero attached hydrogens (tertiary/aromatic N) is 2. The van der Waals surface area contributed by atoms with Crippen molar-refractivity contribution in [2.24, 2.45) is 0 Å². The first-order valence-corrected chi connectivity index (χ1v) is 10.5. The number of ether oxygens (including phenoxy) is 1. The molecule has 6 nitrogen and oxygen atoms in total. The molecule has 0 fully saturated rings. The average Bonchev–Trinajstić information content (AvgIpc) is 3.41. The van der Waals surface area contributed by atoms with Gasteiger partial charge in [-0.1, -0.05) is 29.8 Å². The molecule has 0 aliphatic heterocycles. The van der Waals surface area contributed by atoms with Gasteiger partial charge in [0.25, 0.3) is 5.91 Å². The Morgan fingerprint density at radius 2 is 2.00 bits per heavy atom. The van der Waals surface area contributed by atoms with E-state index < -0.39 is 0 Å². The molecule has 0 saturated heterocycles. The van der Waals surface area contributed by atoms with Crippen molar-refractivity contribution in [3.8, 4) is 5.75 Å². The molecule has 0 aliphatic rings. The Kier molecular flexibility index (Phi) is 6.07. The zero-order valence-electron chi connectivity index (χ0n) is 18.1. The van der Waals surface area contributed by atoms with Crippen LogP contribution in [0.1, 0.15) is 46.9 Å². The Labute approximate surface area is 181 Å². The van der Waals surface area contributed by atoms with E-state index in [0.717, 1.165) is 41.1 Å². The van der Waals surface area contributed by atoms with Crippen molar-refractivity contribution in [3.63, 3.8) is 0 Å². The Morgan fingerprint density at radius 1 is 1.16 bits per heavy atom. The van der Waals surface area contributed by atoms with Crippen LogP contribution >= 0.6 is 0 Å². The van der Waals surface area contributed by atoms with Gasteiger partial charge in [-0.15, -0.1) is 0 Å². The number of aromatic nitrogens is 2. The summed E-state index contributed by atoms with van der Waals surface area (Å²) in [5.74, 6) is 1.76. The van der Waals surface area contributed by atoms with Crippen LogP contribution in [0.25, 0.3) is 11.0 Å². The fourth-order valence-corrected chi connectivity index (χ4v) is 3.77. The highest BCUT2D eigenvalue weighted by atomic mass is 16.5. The van der Waals surface area contributed by atoms with Gasteiger partial charge in [-0.2, -0.15) is 0 Å². The van der Waals surface area contributed by atoms with Crippen molar-refractivity contribution in [1.82, 2.24) is 14.9 Å². The number of benzene rings is 2. The number of fused-ring (bicyclic) bond motifs is 1. The average molecular weight is 418 g/mol.